The first-order chi connectivity index (χ1) is 9.06. The van der Waals surface area contributed by atoms with Crippen LogP contribution in [0.25, 0.3) is 0 Å². The van der Waals surface area contributed by atoms with E-state index in [-0.39, 0.29) is 6.03 Å². The van der Waals surface area contributed by atoms with Crippen molar-refractivity contribution in [3.63, 3.8) is 0 Å². The van der Waals surface area contributed by atoms with Gasteiger partial charge in [0.25, 0.3) is 0 Å². The number of rotatable bonds is 2. The first-order valence-corrected chi connectivity index (χ1v) is 6.68. The maximum atomic E-state index is 11.8. The number of halogens is 2. The van der Waals surface area contributed by atoms with Gasteiger partial charge in [-0.1, -0.05) is 17.7 Å². The minimum absolute atomic E-state index is 0.376. The van der Waals surface area contributed by atoms with Gasteiger partial charge in [0.15, 0.2) is 0 Å². The molecule has 0 radical (unpaired) electrons. The quantitative estimate of drug-likeness (QED) is 0.848. The number of amides is 2. The molecule has 0 unspecified atom stereocenters. The molecule has 6 heteroatoms. The van der Waals surface area contributed by atoms with E-state index in [9.17, 15) is 4.79 Å². The molecule has 0 aliphatic rings. The number of carbonyl (C=O) groups excluding carboxylic acids is 1. The SMILES string of the molecule is Cc1ccc(NC(=O)Nc2ncccc2Br)cc1Cl. The highest BCUT2D eigenvalue weighted by atomic mass is 79.9. The highest BCUT2D eigenvalue weighted by Gasteiger charge is 2.07. The molecule has 0 saturated heterocycles. The number of anilines is 2. The summed E-state index contributed by atoms with van der Waals surface area (Å²) in [4.78, 5) is 15.9. The number of aromatic nitrogens is 1. The van der Waals surface area contributed by atoms with Crippen molar-refractivity contribution < 1.29 is 4.79 Å². The summed E-state index contributed by atoms with van der Waals surface area (Å²) >= 11 is 9.30. The third kappa shape index (κ3) is 3.68. The van der Waals surface area contributed by atoms with E-state index >= 15 is 0 Å². The fourth-order valence-corrected chi connectivity index (χ4v) is 1.95. The van der Waals surface area contributed by atoms with Crippen molar-refractivity contribution in [2.75, 3.05) is 10.6 Å². The van der Waals surface area contributed by atoms with Crippen LogP contribution in [0.4, 0.5) is 16.3 Å². The molecule has 1 aromatic heterocycles. The van der Waals surface area contributed by atoms with Gasteiger partial charge >= 0.3 is 6.03 Å². The molecule has 0 bridgehead atoms. The van der Waals surface area contributed by atoms with Crippen molar-refractivity contribution in [2.45, 2.75) is 6.92 Å². The Morgan fingerprint density at radius 2 is 2.11 bits per heavy atom. The van der Waals surface area contributed by atoms with E-state index in [4.69, 9.17) is 11.6 Å². The second-order valence-corrected chi connectivity index (χ2v) is 5.14. The molecule has 0 atom stereocenters. The number of urea groups is 1. The normalized spacial score (nSPS) is 10.1. The maximum Gasteiger partial charge on any atom is 0.324 e. The van der Waals surface area contributed by atoms with Crippen LogP contribution in [0, 0.1) is 6.92 Å². The molecule has 1 aromatic carbocycles. The molecule has 2 aromatic rings. The third-order valence-corrected chi connectivity index (χ3v) is 3.47. The summed E-state index contributed by atoms with van der Waals surface area (Å²) in [7, 11) is 0. The zero-order chi connectivity index (χ0) is 13.8. The second-order valence-electron chi connectivity index (χ2n) is 3.88. The van der Waals surface area contributed by atoms with Gasteiger partial charge in [-0.3, -0.25) is 5.32 Å². The average Bonchev–Trinajstić information content (AvgIpc) is 2.37. The Bertz CT molecular complexity index is 619. The summed E-state index contributed by atoms with van der Waals surface area (Å²) in [5.41, 5.74) is 1.58. The summed E-state index contributed by atoms with van der Waals surface area (Å²) in [5.74, 6) is 0.457. The van der Waals surface area contributed by atoms with Crippen molar-refractivity contribution in [1.29, 1.82) is 0 Å². The Balaban J connectivity index is 2.05. The molecular weight excluding hydrogens is 330 g/mol. The Morgan fingerprint density at radius 3 is 2.79 bits per heavy atom. The van der Waals surface area contributed by atoms with E-state index in [0.717, 1.165) is 5.56 Å². The van der Waals surface area contributed by atoms with Crippen molar-refractivity contribution in [2.24, 2.45) is 0 Å². The zero-order valence-corrected chi connectivity index (χ0v) is 12.4. The monoisotopic (exact) mass is 339 g/mol. The van der Waals surface area contributed by atoms with E-state index in [1.54, 1.807) is 30.5 Å². The molecule has 2 N–H and O–H groups in total. The predicted molar refractivity (Wildman–Crippen MR) is 80.8 cm³/mol. The first kappa shape index (κ1) is 13.8. The van der Waals surface area contributed by atoms with Crippen LogP contribution in [0.3, 0.4) is 0 Å². The summed E-state index contributed by atoms with van der Waals surface area (Å²) < 4.78 is 0.715. The maximum absolute atomic E-state index is 11.8. The van der Waals surface area contributed by atoms with Crippen molar-refractivity contribution in [3.05, 3.63) is 51.6 Å². The lowest BCUT2D eigenvalue weighted by atomic mass is 10.2. The van der Waals surface area contributed by atoms with Gasteiger partial charge in [0.1, 0.15) is 5.82 Å². The lowest BCUT2D eigenvalue weighted by molar-refractivity contribution is 0.262. The lowest BCUT2D eigenvalue weighted by Gasteiger charge is -2.09. The zero-order valence-electron chi connectivity index (χ0n) is 10.1. The van der Waals surface area contributed by atoms with Crippen LogP contribution >= 0.6 is 27.5 Å². The second kappa shape index (κ2) is 6.04. The fraction of sp³-hybridized carbons (Fsp3) is 0.0769. The summed E-state index contributed by atoms with van der Waals surface area (Å²) in [6.45, 7) is 1.90. The van der Waals surface area contributed by atoms with Gasteiger partial charge in [-0.25, -0.2) is 9.78 Å². The molecule has 0 aliphatic heterocycles. The Kier molecular flexibility index (Phi) is 4.39. The number of hydrogen-bond donors (Lipinski definition) is 2. The van der Waals surface area contributed by atoms with Crippen molar-refractivity contribution in [1.82, 2.24) is 4.98 Å². The predicted octanol–water partition coefficient (Wildman–Crippen LogP) is 4.45. The van der Waals surface area contributed by atoms with Gasteiger partial charge in [-0.05, 0) is 52.7 Å². The van der Waals surface area contributed by atoms with E-state index in [1.807, 2.05) is 13.0 Å². The van der Waals surface area contributed by atoms with E-state index in [2.05, 4.69) is 31.5 Å². The van der Waals surface area contributed by atoms with Crippen molar-refractivity contribution >= 4 is 45.1 Å². The van der Waals surface area contributed by atoms with Gasteiger partial charge in [0, 0.05) is 16.9 Å². The molecule has 0 spiro atoms. The van der Waals surface area contributed by atoms with E-state index in [1.165, 1.54) is 0 Å². The van der Waals surface area contributed by atoms with Gasteiger partial charge in [-0.2, -0.15) is 0 Å². The smallest absolute Gasteiger partial charge is 0.308 e. The number of aryl methyl sites for hydroxylation is 1. The van der Waals surface area contributed by atoms with Crippen LogP contribution in [0.5, 0.6) is 0 Å². The fourth-order valence-electron chi connectivity index (χ4n) is 1.42. The molecule has 2 amide bonds. The standard InChI is InChI=1S/C13H11BrClN3O/c1-8-4-5-9(7-11(8)15)17-13(19)18-12-10(14)3-2-6-16-12/h2-7H,1H3,(H2,16,17,18,19). The Labute approximate surface area is 124 Å². The molecule has 0 fully saturated rings. The molecular formula is C13H11BrClN3O. The largest absolute Gasteiger partial charge is 0.324 e. The molecule has 98 valence electrons. The molecule has 2 rings (SSSR count). The van der Waals surface area contributed by atoms with E-state index < -0.39 is 0 Å². The van der Waals surface area contributed by atoms with Gasteiger partial charge < -0.3 is 5.32 Å². The molecule has 0 saturated carbocycles. The van der Waals surface area contributed by atoms with Crippen LogP contribution in [0.15, 0.2) is 41.0 Å². The topological polar surface area (TPSA) is 54.0 Å². The van der Waals surface area contributed by atoms with Crippen LogP contribution in [0.2, 0.25) is 5.02 Å². The minimum Gasteiger partial charge on any atom is -0.308 e. The van der Waals surface area contributed by atoms with Crippen LogP contribution in [-0.4, -0.2) is 11.0 Å². The average molecular weight is 341 g/mol. The van der Waals surface area contributed by atoms with E-state index in [0.29, 0.717) is 21.0 Å². The Morgan fingerprint density at radius 1 is 1.32 bits per heavy atom. The number of hydrogen-bond acceptors (Lipinski definition) is 2. The molecule has 4 nitrogen and oxygen atoms in total. The summed E-state index contributed by atoms with van der Waals surface area (Å²) in [6, 6.07) is 8.52. The summed E-state index contributed by atoms with van der Waals surface area (Å²) in [6.07, 6.45) is 1.60. The number of nitrogens with one attached hydrogen (secondary N) is 2. The van der Waals surface area contributed by atoms with Crippen molar-refractivity contribution in [3.8, 4) is 0 Å². The van der Waals surface area contributed by atoms with Gasteiger partial charge in [0.2, 0.25) is 0 Å². The molecule has 0 aliphatic carbocycles. The Hall–Kier alpha value is -1.59. The highest BCUT2D eigenvalue weighted by Crippen LogP contribution is 2.21. The first-order valence-electron chi connectivity index (χ1n) is 5.51. The molecule has 19 heavy (non-hydrogen) atoms. The minimum atomic E-state index is -0.376. The number of nitrogens with zero attached hydrogens (tertiary/aromatic N) is 1. The summed E-state index contributed by atoms with van der Waals surface area (Å²) in [5, 5.41) is 5.94. The van der Waals surface area contributed by atoms with Crippen LogP contribution in [0.1, 0.15) is 5.56 Å². The van der Waals surface area contributed by atoms with Gasteiger partial charge in [0.05, 0.1) is 4.47 Å². The number of benzene rings is 1. The highest BCUT2D eigenvalue weighted by molar-refractivity contribution is 9.10. The third-order valence-electron chi connectivity index (χ3n) is 2.42. The molecule has 1 heterocycles. The number of pyridine rings is 1. The number of carbonyl (C=O) groups is 1. The van der Waals surface area contributed by atoms with Gasteiger partial charge in [-0.15, -0.1) is 0 Å². The van der Waals surface area contributed by atoms with Crippen LogP contribution in [-0.2, 0) is 0 Å². The van der Waals surface area contributed by atoms with Crippen LogP contribution < -0.4 is 10.6 Å². The lowest BCUT2D eigenvalue weighted by Crippen LogP contribution is -2.20.